The number of hydrogen-bond donors (Lipinski definition) is 1. The molecule has 0 aromatic heterocycles. The second-order valence-electron chi connectivity index (χ2n) is 9.62. The average Bonchev–Trinajstić information content (AvgIpc) is 2.62. The van der Waals surface area contributed by atoms with E-state index in [0.717, 1.165) is 5.56 Å². The topological polar surface area (TPSA) is 75.7 Å². The molecule has 6 heteroatoms. The van der Waals surface area contributed by atoms with Gasteiger partial charge in [0.15, 0.2) is 6.61 Å². The minimum absolute atomic E-state index is 0.00729. The van der Waals surface area contributed by atoms with Gasteiger partial charge in [0.25, 0.3) is 11.8 Å². The van der Waals surface area contributed by atoms with Gasteiger partial charge in [-0.2, -0.15) is 0 Å². The van der Waals surface area contributed by atoms with Crippen molar-refractivity contribution in [3.63, 3.8) is 0 Å². The molecule has 0 saturated carbocycles. The summed E-state index contributed by atoms with van der Waals surface area (Å²) in [6, 6.07) is 6.53. The molecular weight excluding hydrogens is 380 g/mol. The van der Waals surface area contributed by atoms with E-state index in [1.165, 1.54) is 0 Å². The van der Waals surface area contributed by atoms with Crippen LogP contribution in [0.15, 0.2) is 24.3 Å². The molecule has 1 atom stereocenters. The minimum Gasteiger partial charge on any atom is -0.454 e. The molecule has 1 aromatic rings. The van der Waals surface area contributed by atoms with Crippen LogP contribution in [0.1, 0.15) is 78.2 Å². The Morgan fingerprint density at radius 1 is 0.933 bits per heavy atom. The maximum absolute atomic E-state index is 12.7. The van der Waals surface area contributed by atoms with Gasteiger partial charge in [0.2, 0.25) is 0 Å². The van der Waals surface area contributed by atoms with E-state index in [9.17, 15) is 14.4 Å². The molecule has 0 bridgehead atoms. The third-order valence-electron chi connectivity index (χ3n) is 4.96. The molecule has 2 amide bonds. The Balaban J connectivity index is 2.81. The maximum Gasteiger partial charge on any atom is 0.329 e. The summed E-state index contributed by atoms with van der Waals surface area (Å²) in [6.45, 7) is 17.3. The number of benzene rings is 1. The first-order valence-corrected chi connectivity index (χ1v) is 10.6. The van der Waals surface area contributed by atoms with E-state index in [4.69, 9.17) is 4.74 Å². The first-order chi connectivity index (χ1) is 13.8. The standard InChI is InChI=1S/C24H38N2O4/c1-15(2)21(23(29)30-14-20(27)26(16(3)4)17(5)6)25-22(28)18-10-12-19(13-11-18)24(7,8)9/h10-13,15-17,21H,14H2,1-9H3,(H,25,28)/t21-/m0/s1. The number of nitrogens with zero attached hydrogens (tertiary/aromatic N) is 1. The van der Waals surface area contributed by atoms with Crippen LogP contribution < -0.4 is 5.32 Å². The Morgan fingerprint density at radius 3 is 1.83 bits per heavy atom. The quantitative estimate of drug-likeness (QED) is 0.649. The molecule has 0 radical (unpaired) electrons. The van der Waals surface area contributed by atoms with Crippen LogP contribution in [0.5, 0.6) is 0 Å². The van der Waals surface area contributed by atoms with E-state index < -0.39 is 12.0 Å². The molecule has 30 heavy (non-hydrogen) atoms. The molecule has 0 saturated heterocycles. The fourth-order valence-corrected chi connectivity index (χ4v) is 3.31. The van der Waals surface area contributed by atoms with Crippen molar-refractivity contribution in [2.24, 2.45) is 5.92 Å². The number of carbonyl (C=O) groups excluding carboxylic acids is 3. The van der Waals surface area contributed by atoms with Crippen LogP contribution in [-0.2, 0) is 19.7 Å². The molecule has 1 N–H and O–H groups in total. The number of nitrogens with one attached hydrogen (secondary N) is 1. The van der Waals surface area contributed by atoms with Gasteiger partial charge in [-0.3, -0.25) is 9.59 Å². The van der Waals surface area contributed by atoms with Crippen LogP contribution in [0.3, 0.4) is 0 Å². The van der Waals surface area contributed by atoms with Crippen molar-refractivity contribution in [2.75, 3.05) is 6.61 Å². The van der Waals surface area contributed by atoms with Gasteiger partial charge in [-0.05, 0) is 56.7 Å². The first-order valence-electron chi connectivity index (χ1n) is 10.6. The molecule has 0 unspecified atom stereocenters. The molecule has 1 aromatic carbocycles. The third-order valence-corrected chi connectivity index (χ3v) is 4.96. The Morgan fingerprint density at radius 2 is 1.43 bits per heavy atom. The van der Waals surface area contributed by atoms with Gasteiger partial charge in [0.05, 0.1) is 0 Å². The van der Waals surface area contributed by atoms with E-state index in [-0.39, 0.29) is 41.8 Å². The monoisotopic (exact) mass is 418 g/mol. The summed E-state index contributed by atoms with van der Waals surface area (Å²) < 4.78 is 5.26. The maximum atomic E-state index is 12.7. The summed E-state index contributed by atoms with van der Waals surface area (Å²) in [5, 5.41) is 2.75. The third kappa shape index (κ3) is 7.15. The van der Waals surface area contributed by atoms with E-state index in [1.54, 1.807) is 17.0 Å². The van der Waals surface area contributed by atoms with Gasteiger partial charge < -0.3 is 15.0 Å². The summed E-state index contributed by atoms with van der Waals surface area (Å²) in [6.07, 6.45) is 0. The molecular formula is C24H38N2O4. The van der Waals surface area contributed by atoms with Crippen LogP contribution in [0.2, 0.25) is 0 Å². The number of hydrogen-bond acceptors (Lipinski definition) is 4. The molecule has 168 valence electrons. The summed E-state index contributed by atoms with van der Waals surface area (Å²) >= 11 is 0. The predicted octanol–water partition coefficient (Wildman–Crippen LogP) is 3.93. The van der Waals surface area contributed by atoms with Crippen molar-refractivity contribution in [1.29, 1.82) is 0 Å². The molecule has 1 rings (SSSR count). The second-order valence-corrected chi connectivity index (χ2v) is 9.62. The van der Waals surface area contributed by atoms with Gasteiger partial charge in [0, 0.05) is 17.6 Å². The van der Waals surface area contributed by atoms with E-state index in [2.05, 4.69) is 26.1 Å². The minimum atomic E-state index is -0.834. The zero-order chi connectivity index (χ0) is 23.2. The van der Waals surface area contributed by atoms with Gasteiger partial charge >= 0.3 is 5.97 Å². The number of ether oxygens (including phenoxy) is 1. The van der Waals surface area contributed by atoms with Gasteiger partial charge in [-0.25, -0.2) is 4.79 Å². The summed E-state index contributed by atoms with van der Waals surface area (Å²) in [7, 11) is 0. The smallest absolute Gasteiger partial charge is 0.329 e. The molecule has 0 aliphatic carbocycles. The number of rotatable bonds is 8. The fourth-order valence-electron chi connectivity index (χ4n) is 3.31. The number of carbonyl (C=O) groups is 3. The first kappa shape index (κ1) is 25.7. The Hall–Kier alpha value is -2.37. The van der Waals surface area contributed by atoms with Crippen LogP contribution in [0.25, 0.3) is 0 Å². The van der Waals surface area contributed by atoms with E-state index in [0.29, 0.717) is 5.56 Å². The van der Waals surface area contributed by atoms with Crippen molar-refractivity contribution in [3.05, 3.63) is 35.4 Å². The summed E-state index contributed by atoms with van der Waals surface area (Å²) in [5.41, 5.74) is 1.59. The zero-order valence-electron chi connectivity index (χ0n) is 19.9. The van der Waals surface area contributed by atoms with Gasteiger partial charge in [0.1, 0.15) is 6.04 Å². The predicted molar refractivity (Wildman–Crippen MR) is 119 cm³/mol. The lowest BCUT2D eigenvalue weighted by molar-refractivity contribution is -0.155. The lowest BCUT2D eigenvalue weighted by atomic mass is 9.86. The van der Waals surface area contributed by atoms with Gasteiger partial charge in [-0.1, -0.05) is 46.8 Å². The number of amides is 2. The summed E-state index contributed by atoms with van der Waals surface area (Å²) in [5.74, 6) is -1.38. The Labute approximate surface area is 181 Å². The highest BCUT2D eigenvalue weighted by Gasteiger charge is 2.28. The average molecular weight is 419 g/mol. The van der Waals surface area contributed by atoms with E-state index >= 15 is 0 Å². The van der Waals surface area contributed by atoms with Crippen molar-refractivity contribution in [3.8, 4) is 0 Å². The van der Waals surface area contributed by atoms with Gasteiger partial charge in [-0.15, -0.1) is 0 Å². The molecule has 0 heterocycles. The molecule has 0 aliphatic rings. The van der Waals surface area contributed by atoms with Crippen molar-refractivity contribution in [2.45, 2.75) is 85.9 Å². The highest BCUT2D eigenvalue weighted by atomic mass is 16.5. The zero-order valence-corrected chi connectivity index (χ0v) is 19.9. The fraction of sp³-hybridized carbons (Fsp3) is 0.625. The lowest BCUT2D eigenvalue weighted by Gasteiger charge is -2.31. The summed E-state index contributed by atoms with van der Waals surface area (Å²) in [4.78, 5) is 39.4. The molecule has 0 spiro atoms. The second kappa shape index (κ2) is 10.6. The molecule has 0 fully saturated rings. The van der Waals surface area contributed by atoms with Crippen LogP contribution in [-0.4, -0.2) is 47.4 Å². The SMILES string of the molecule is CC(C)[C@H](NC(=O)c1ccc(C(C)(C)C)cc1)C(=O)OCC(=O)N(C(C)C)C(C)C. The largest absolute Gasteiger partial charge is 0.454 e. The van der Waals surface area contributed by atoms with Crippen molar-refractivity contribution in [1.82, 2.24) is 10.2 Å². The Bertz CT molecular complexity index is 723. The molecule has 0 aliphatic heterocycles. The normalized spacial score (nSPS) is 12.8. The van der Waals surface area contributed by atoms with Crippen LogP contribution in [0, 0.1) is 5.92 Å². The highest BCUT2D eigenvalue weighted by molar-refractivity contribution is 5.97. The van der Waals surface area contributed by atoms with Crippen LogP contribution in [0.4, 0.5) is 0 Å². The Kier molecular flexibility index (Phi) is 9.07. The van der Waals surface area contributed by atoms with Crippen LogP contribution >= 0.6 is 0 Å². The van der Waals surface area contributed by atoms with Crippen molar-refractivity contribution < 1.29 is 19.1 Å². The number of esters is 1. The lowest BCUT2D eigenvalue weighted by Crippen LogP contribution is -2.48. The molecule has 6 nitrogen and oxygen atoms in total. The van der Waals surface area contributed by atoms with Crippen molar-refractivity contribution >= 4 is 17.8 Å². The highest BCUT2D eigenvalue weighted by Crippen LogP contribution is 2.22. The van der Waals surface area contributed by atoms with E-state index in [1.807, 2.05) is 53.7 Å².